The first kappa shape index (κ1) is 17.0. The molecule has 1 aliphatic rings. The van der Waals surface area contributed by atoms with Crippen molar-refractivity contribution < 1.29 is 4.79 Å². The summed E-state index contributed by atoms with van der Waals surface area (Å²) in [5, 5.41) is 2.96. The normalized spacial score (nSPS) is 15.3. The van der Waals surface area contributed by atoms with Crippen molar-refractivity contribution in [2.45, 2.75) is 13.5 Å². The van der Waals surface area contributed by atoms with Crippen LogP contribution in [-0.4, -0.2) is 42.0 Å². The van der Waals surface area contributed by atoms with E-state index in [0.717, 1.165) is 42.9 Å². The summed E-state index contributed by atoms with van der Waals surface area (Å²) in [4.78, 5) is 16.6. The third-order valence-corrected chi connectivity index (χ3v) is 4.81. The number of urea groups is 1. The molecule has 5 heteroatoms. The van der Waals surface area contributed by atoms with Crippen molar-refractivity contribution in [1.29, 1.82) is 0 Å². The number of aryl methyl sites for hydroxylation is 1. The summed E-state index contributed by atoms with van der Waals surface area (Å²) < 4.78 is 1.00. The minimum Gasteiger partial charge on any atom is -0.322 e. The number of carbonyl (C=O) groups excluding carboxylic acids is 1. The van der Waals surface area contributed by atoms with Gasteiger partial charge in [-0.1, -0.05) is 45.8 Å². The fourth-order valence-corrected chi connectivity index (χ4v) is 3.06. The van der Waals surface area contributed by atoms with E-state index in [-0.39, 0.29) is 6.03 Å². The van der Waals surface area contributed by atoms with Gasteiger partial charge >= 0.3 is 6.03 Å². The molecular formula is C19H22BrN3O. The van der Waals surface area contributed by atoms with E-state index in [9.17, 15) is 4.79 Å². The maximum atomic E-state index is 12.3. The van der Waals surface area contributed by atoms with Gasteiger partial charge in [0.15, 0.2) is 0 Å². The van der Waals surface area contributed by atoms with Crippen molar-refractivity contribution in [3.8, 4) is 0 Å². The molecule has 1 heterocycles. The highest BCUT2D eigenvalue weighted by atomic mass is 79.9. The van der Waals surface area contributed by atoms with Crippen molar-refractivity contribution in [3.63, 3.8) is 0 Å². The van der Waals surface area contributed by atoms with Crippen LogP contribution in [0.5, 0.6) is 0 Å². The Balaban J connectivity index is 1.48. The minimum absolute atomic E-state index is 0.0210. The van der Waals surface area contributed by atoms with Crippen molar-refractivity contribution in [1.82, 2.24) is 9.80 Å². The van der Waals surface area contributed by atoms with Gasteiger partial charge in [0.25, 0.3) is 0 Å². The first-order valence-electron chi connectivity index (χ1n) is 8.19. The summed E-state index contributed by atoms with van der Waals surface area (Å²) in [6, 6.07) is 16.3. The zero-order valence-electron chi connectivity index (χ0n) is 13.8. The zero-order chi connectivity index (χ0) is 16.9. The number of hydrogen-bond acceptors (Lipinski definition) is 2. The first-order chi connectivity index (χ1) is 11.6. The molecule has 1 N–H and O–H groups in total. The Morgan fingerprint density at radius 3 is 2.25 bits per heavy atom. The molecule has 1 saturated heterocycles. The molecule has 2 aromatic carbocycles. The van der Waals surface area contributed by atoms with E-state index in [4.69, 9.17) is 0 Å². The van der Waals surface area contributed by atoms with Crippen molar-refractivity contribution in [3.05, 3.63) is 64.1 Å². The Bertz CT molecular complexity index is 677. The van der Waals surface area contributed by atoms with Crippen LogP contribution in [-0.2, 0) is 6.54 Å². The van der Waals surface area contributed by atoms with Crippen LogP contribution >= 0.6 is 15.9 Å². The molecule has 0 spiro atoms. The lowest BCUT2D eigenvalue weighted by Crippen LogP contribution is -2.49. The molecule has 0 atom stereocenters. The number of hydrogen-bond donors (Lipinski definition) is 1. The molecule has 0 unspecified atom stereocenters. The van der Waals surface area contributed by atoms with E-state index >= 15 is 0 Å². The summed E-state index contributed by atoms with van der Waals surface area (Å²) >= 11 is 3.40. The van der Waals surface area contributed by atoms with Gasteiger partial charge in [0.2, 0.25) is 0 Å². The molecule has 126 valence electrons. The average molecular weight is 388 g/mol. The molecule has 0 aliphatic carbocycles. The molecule has 1 aliphatic heterocycles. The highest BCUT2D eigenvalue weighted by Gasteiger charge is 2.21. The largest absolute Gasteiger partial charge is 0.322 e. The molecule has 2 aromatic rings. The van der Waals surface area contributed by atoms with Gasteiger partial charge in [-0.25, -0.2) is 4.79 Å². The molecule has 0 aromatic heterocycles. The lowest BCUT2D eigenvalue weighted by Gasteiger charge is -2.34. The molecule has 0 radical (unpaired) electrons. The topological polar surface area (TPSA) is 35.6 Å². The Morgan fingerprint density at radius 1 is 1.00 bits per heavy atom. The number of carbonyl (C=O) groups is 1. The van der Waals surface area contributed by atoms with Gasteiger partial charge in [-0.3, -0.25) is 4.90 Å². The van der Waals surface area contributed by atoms with E-state index < -0.39 is 0 Å². The lowest BCUT2D eigenvalue weighted by atomic mass is 10.1. The van der Waals surface area contributed by atoms with E-state index in [0.29, 0.717) is 0 Å². The Hall–Kier alpha value is -1.85. The van der Waals surface area contributed by atoms with Gasteiger partial charge in [0.05, 0.1) is 0 Å². The number of nitrogens with one attached hydrogen (secondary N) is 1. The number of rotatable bonds is 3. The van der Waals surface area contributed by atoms with Gasteiger partial charge < -0.3 is 10.2 Å². The Labute approximate surface area is 151 Å². The van der Waals surface area contributed by atoms with E-state index in [2.05, 4.69) is 57.3 Å². The SMILES string of the molecule is Cc1ccc(CN2CCN(C(=O)Nc3ccc(Br)cc3)CC2)cc1. The first-order valence-corrected chi connectivity index (χ1v) is 8.99. The number of benzene rings is 2. The number of nitrogens with zero attached hydrogens (tertiary/aromatic N) is 2. The lowest BCUT2D eigenvalue weighted by molar-refractivity contribution is 0.143. The standard InChI is InChI=1S/C19H22BrN3O/c1-15-2-4-16(5-3-15)14-22-10-12-23(13-11-22)19(24)21-18-8-6-17(20)7-9-18/h2-9H,10-14H2,1H3,(H,21,24). The Morgan fingerprint density at radius 2 is 1.62 bits per heavy atom. The van der Waals surface area contributed by atoms with Crippen LogP contribution in [0.2, 0.25) is 0 Å². The van der Waals surface area contributed by atoms with E-state index in [1.165, 1.54) is 11.1 Å². The molecule has 2 amide bonds. The van der Waals surface area contributed by atoms with Crippen LogP contribution < -0.4 is 5.32 Å². The highest BCUT2D eigenvalue weighted by molar-refractivity contribution is 9.10. The molecule has 0 saturated carbocycles. The van der Waals surface area contributed by atoms with Crippen LogP contribution in [0.4, 0.5) is 10.5 Å². The molecule has 0 bridgehead atoms. The van der Waals surface area contributed by atoms with Crippen LogP contribution in [0.25, 0.3) is 0 Å². The molecular weight excluding hydrogens is 366 g/mol. The van der Waals surface area contributed by atoms with Crippen LogP contribution in [0.3, 0.4) is 0 Å². The Kier molecular flexibility index (Phi) is 5.53. The second kappa shape index (κ2) is 7.81. The zero-order valence-corrected chi connectivity index (χ0v) is 15.4. The van der Waals surface area contributed by atoms with Gasteiger partial charge in [0.1, 0.15) is 0 Å². The number of amides is 2. The number of piperazine rings is 1. The number of anilines is 1. The predicted octanol–water partition coefficient (Wildman–Crippen LogP) is 4.11. The summed E-state index contributed by atoms with van der Waals surface area (Å²) in [6.45, 7) is 6.38. The summed E-state index contributed by atoms with van der Waals surface area (Å²) in [5.74, 6) is 0. The highest BCUT2D eigenvalue weighted by Crippen LogP contribution is 2.15. The van der Waals surface area contributed by atoms with Gasteiger partial charge in [0, 0.05) is 42.9 Å². The maximum absolute atomic E-state index is 12.3. The maximum Gasteiger partial charge on any atom is 0.321 e. The molecule has 4 nitrogen and oxygen atoms in total. The summed E-state index contributed by atoms with van der Waals surface area (Å²) in [6.07, 6.45) is 0. The van der Waals surface area contributed by atoms with Gasteiger partial charge in [-0.05, 0) is 36.8 Å². The quantitative estimate of drug-likeness (QED) is 0.859. The molecule has 1 fully saturated rings. The number of halogens is 1. The van der Waals surface area contributed by atoms with Crippen LogP contribution in [0, 0.1) is 6.92 Å². The van der Waals surface area contributed by atoms with Crippen molar-refractivity contribution in [2.24, 2.45) is 0 Å². The minimum atomic E-state index is -0.0210. The monoisotopic (exact) mass is 387 g/mol. The van der Waals surface area contributed by atoms with E-state index in [1.807, 2.05) is 29.2 Å². The van der Waals surface area contributed by atoms with Gasteiger partial charge in [-0.2, -0.15) is 0 Å². The van der Waals surface area contributed by atoms with Crippen molar-refractivity contribution >= 4 is 27.6 Å². The summed E-state index contributed by atoms with van der Waals surface area (Å²) in [5.41, 5.74) is 3.44. The third kappa shape index (κ3) is 4.58. The third-order valence-electron chi connectivity index (χ3n) is 4.28. The summed E-state index contributed by atoms with van der Waals surface area (Å²) in [7, 11) is 0. The van der Waals surface area contributed by atoms with Crippen LogP contribution in [0.1, 0.15) is 11.1 Å². The van der Waals surface area contributed by atoms with Gasteiger partial charge in [-0.15, -0.1) is 0 Å². The second-order valence-corrected chi connectivity index (χ2v) is 7.10. The average Bonchev–Trinajstić information content (AvgIpc) is 2.59. The van der Waals surface area contributed by atoms with Crippen LogP contribution in [0.15, 0.2) is 53.0 Å². The van der Waals surface area contributed by atoms with E-state index in [1.54, 1.807) is 0 Å². The van der Waals surface area contributed by atoms with Crippen molar-refractivity contribution in [2.75, 3.05) is 31.5 Å². The molecule has 24 heavy (non-hydrogen) atoms. The smallest absolute Gasteiger partial charge is 0.321 e. The fraction of sp³-hybridized carbons (Fsp3) is 0.316. The second-order valence-electron chi connectivity index (χ2n) is 6.19. The molecule has 3 rings (SSSR count). The predicted molar refractivity (Wildman–Crippen MR) is 101 cm³/mol. The fourth-order valence-electron chi connectivity index (χ4n) is 2.80.